The molecule has 1 aliphatic heterocycles. The van der Waals surface area contributed by atoms with Gasteiger partial charge >= 0.3 is 6.18 Å². The molecule has 4 aromatic rings. The average Bonchev–Trinajstić information content (AvgIpc) is 3.00. The number of alkyl halides is 3. The molecule has 5 nitrogen and oxygen atoms in total. The van der Waals surface area contributed by atoms with Gasteiger partial charge in [-0.15, -0.1) is 0 Å². The standard InChI is InChI=1S/C29H22F3N3O2/c1-2-34-24-15-14-22(29(30,31)32)17-25(24)35(23-8-4-3-5-9-23)28(37)26(27(34)36)20-12-10-19(11-13-20)21-7-6-16-33-18-21/h3-18,26H,2H2,1H3. The first-order valence-corrected chi connectivity index (χ1v) is 11.7. The minimum absolute atomic E-state index is 0.00991. The van der Waals surface area contributed by atoms with Crippen molar-refractivity contribution in [1.29, 1.82) is 0 Å². The number of anilines is 3. The minimum Gasteiger partial charge on any atom is -0.310 e. The number of amides is 2. The van der Waals surface area contributed by atoms with Crippen LogP contribution in [0.15, 0.2) is 97.3 Å². The summed E-state index contributed by atoms with van der Waals surface area (Å²) in [7, 11) is 0. The molecule has 0 aliphatic carbocycles. The molecule has 1 aliphatic rings. The maximum Gasteiger partial charge on any atom is 0.416 e. The van der Waals surface area contributed by atoms with Crippen LogP contribution in [-0.2, 0) is 15.8 Å². The number of carbonyl (C=O) groups excluding carboxylic acids is 2. The number of halogens is 3. The first-order chi connectivity index (χ1) is 17.8. The van der Waals surface area contributed by atoms with E-state index in [2.05, 4.69) is 4.98 Å². The van der Waals surface area contributed by atoms with Crippen molar-refractivity contribution < 1.29 is 22.8 Å². The SMILES string of the molecule is CCN1C(=O)C(c2ccc(-c3cccnc3)cc2)C(=O)N(c2ccccc2)c2cc(C(F)(F)F)ccc21. The number of rotatable bonds is 4. The molecule has 5 rings (SSSR count). The normalized spacial score (nSPS) is 15.9. The van der Waals surface area contributed by atoms with Crippen LogP contribution >= 0.6 is 0 Å². The van der Waals surface area contributed by atoms with Crippen molar-refractivity contribution in [2.45, 2.75) is 19.0 Å². The van der Waals surface area contributed by atoms with Crippen molar-refractivity contribution in [1.82, 2.24) is 4.98 Å². The van der Waals surface area contributed by atoms with Crippen LogP contribution in [0.5, 0.6) is 0 Å². The van der Waals surface area contributed by atoms with E-state index in [-0.39, 0.29) is 17.9 Å². The Hall–Kier alpha value is -4.46. The predicted octanol–water partition coefficient (Wildman–Crippen LogP) is 6.58. The van der Waals surface area contributed by atoms with E-state index in [0.717, 1.165) is 23.3 Å². The second kappa shape index (κ2) is 9.54. The van der Waals surface area contributed by atoms with Gasteiger partial charge in [-0.25, -0.2) is 0 Å². The van der Waals surface area contributed by atoms with Crippen molar-refractivity contribution in [3.05, 3.63) is 108 Å². The highest BCUT2D eigenvalue weighted by molar-refractivity contribution is 6.23. The summed E-state index contributed by atoms with van der Waals surface area (Å²) in [5, 5.41) is 0. The number of para-hydroxylation sites is 1. The third-order valence-electron chi connectivity index (χ3n) is 6.38. The number of aromatic nitrogens is 1. The van der Waals surface area contributed by atoms with Crippen molar-refractivity contribution >= 4 is 28.9 Å². The van der Waals surface area contributed by atoms with Crippen LogP contribution in [0, 0.1) is 0 Å². The first kappa shape index (κ1) is 24.2. The summed E-state index contributed by atoms with van der Waals surface area (Å²) >= 11 is 0. The molecule has 0 radical (unpaired) electrons. The third-order valence-corrected chi connectivity index (χ3v) is 6.38. The van der Waals surface area contributed by atoms with Gasteiger partial charge < -0.3 is 4.90 Å². The van der Waals surface area contributed by atoms with Gasteiger partial charge in [0.15, 0.2) is 0 Å². The summed E-state index contributed by atoms with van der Waals surface area (Å²) in [5.41, 5.74) is 1.91. The molecule has 1 atom stereocenters. The quantitative estimate of drug-likeness (QED) is 0.297. The fourth-order valence-electron chi connectivity index (χ4n) is 4.59. The van der Waals surface area contributed by atoms with Crippen molar-refractivity contribution in [3.63, 3.8) is 0 Å². The van der Waals surface area contributed by atoms with Crippen LogP contribution in [-0.4, -0.2) is 23.3 Å². The Bertz CT molecular complexity index is 1440. The molecular formula is C29H22F3N3O2. The van der Waals surface area contributed by atoms with Crippen molar-refractivity contribution in [3.8, 4) is 11.1 Å². The lowest BCUT2D eigenvalue weighted by atomic mass is 9.94. The number of hydrogen-bond acceptors (Lipinski definition) is 3. The number of hydrogen-bond donors (Lipinski definition) is 0. The molecule has 2 amide bonds. The number of pyridine rings is 1. The Labute approximate surface area is 211 Å². The molecule has 0 bridgehead atoms. The van der Waals surface area contributed by atoms with Crippen LogP contribution < -0.4 is 9.80 Å². The van der Waals surface area contributed by atoms with Gasteiger partial charge in [0, 0.05) is 24.6 Å². The summed E-state index contributed by atoms with van der Waals surface area (Å²) in [6.07, 6.45) is -1.24. The van der Waals surface area contributed by atoms with Crippen LogP contribution in [0.2, 0.25) is 0 Å². The van der Waals surface area contributed by atoms with Gasteiger partial charge in [0.05, 0.1) is 16.9 Å². The molecule has 1 aromatic heterocycles. The summed E-state index contributed by atoms with van der Waals surface area (Å²) < 4.78 is 41.0. The van der Waals surface area contributed by atoms with Crippen molar-refractivity contribution in [2.75, 3.05) is 16.3 Å². The largest absolute Gasteiger partial charge is 0.416 e. The van der Waals surface area contributed by atoms with Crippen molar-refractivity contribution in [2.24, 2.45) is 0 Å². The molecule has 37 heavy (non-hydrogen) atoms. The van der Waals surface area contributed by atoms with E-state index in [9.17, 15) is 22.8 Å². The Balaban J connectivity index is 1.67. The van der Waals surface area contributed by atoms with Gasteiger partial charge in [0.1, 0.15) is 5.92 Å². The molecule has 0 saturated heterocycles. The molecule has 0 N–H and O–H groups in total. The van der Waals surface area contributed by atoms with Gasteiger partial charge in [-0.3, -0.25) is 19.5 Å². The third kappa shape index (κ3) is 4.46. The second-order valence-electron chi connectivity index (χ2n) is 8.59. The summed E-state index contributed by atoms with van der Waals surface area (Å²) in [5.74, 6) is -2.37. The minimum atomic E-state index is -4.62. The Kier molecular flexibility index (Phi) is 6.25. The molecule has 0 spiro atoms. The van der Waals surface area contributed by atoms with Gasteiger partial charge in [0.2, 0.25) is 11.8 Å². The Morgan fingerprint density at radius 2 is 1.54 bits per heavy atom. The lowest BCUT2D eigenvalue weighted by Gasteiger charge is -2.26. The van der Waals surface area contributed by atoms with Gasteiger partial charge in [0.25, 0.3) is 0 Å². The molecule has 8 heteroatoms. The average molecular weight is 502 g/mol. The maximum absolute atomic E-state index is 14.1. The highest BCUT2D eigenvalue weighted by atomic mass is 19.4. The van der Waals surface area contributed by atoms with Crippen LogP contribution in [0.1, 0.15) is 24.0 Å². The fourth-order valence-corrected chi connectivity index (χ4v) is 4.59. The van der Waals surface area contributed by atoms with Crippen LogP contribution in [0.25, 0.3) is 11.1 Å². The highest BCUT2D eigenvalue weighted by Crippen LogP contribution is 2.44. The van der Waals surface area contributed by atoms with E-state index in [1.165, 1.54) is 15.9 Å². The van der Waals surface area contributed by atoms with Gasteiger partial charge in [-0.2, -0.15) is 13.2 Å². The van der Waals surface area contributed by atoms with E-state index in [4.69, 9.17) is 0 Å². The molecule has 0 fully saturated rings. The zero-order valence-electron chi connectivity index (χ0n) is 19.8. The molecule has 186 valence electrons. The fraction of sp³-hybridized carbons (Fsp3) is 0.138. The summed E-state index contributed by atoms with van der Waals surface area (Å²) in [6.45, 7) is 1.90. The Morgan fingerprint density at radius 3 is 2.16 bits per heavy atom. The van der Waals surface area contributed by atoms with Gasteiger partial charge in [-0.1, -0.05) is 48.5 Å². The summed E-state index contributed by atoms with van der Waals surface area (Å²) in [4.78, 5) is 34.6. The van der Waals surface area contributed by atoms with E-state index >= 15 is 0 Å². The predicted molar refractivity (Wildman–Crippen MR) is 135 cm³/mol. The highest BCUT2D eigenvalue weighted by Gasteiger charge is 2.42. The monoisotopic (exact) mass is 501 g/mol. The number of benzene rings is 3. The Morgan fingerprint density at radius 1 is 0.811 bits per heavy atom. The van der Waals surface area contributed by atoms with Gasteiger partial charge in [-0.05, 0) is 60.0 Å². The summed E-state index contributed by atoms with van der Waals surface area (Å²) in [6, 6.07) is 22.3. The smallest absolute Gasteiger partial charge is 0.310 e. The number of nitrogens with zero attached hydrogens (tertiary/aromatic N) is 3. The topological polar surface area (TPSA) is 53.5 Å². The van der Waals surface area contributed by atoms with E-state index in [1.54, 1.807) is 73.9 Å². The first-order valence-electron chi connectivity index (χ1n) is 11.7. The van der Waals surface area contributed by atoms with E-state index in [0.29, 0.717) is 11.3 Å². The number of fused-ring (bicyclic) bond motifs is 1. The number of likely N-dealkylation sites (N-methyl/N-ethyl adjacent to an activating group) is 1. The molecule has 3 aromatic carbocycles. The number of carbonyl (C=O) groups is 2. The van der Waals surface area contributed by atoms with E-state index < -0.39 is 29.5 Å². The maximum atomic E-state index is 14.1. The van der Waals surface area contributed by atoms with E-state index in [1.807, 2.05) is 12.1 Å². The lowest BCUT2D eigenvalue weighted by Crippen LogP contribution is -2.39. The van der Waals surface area contributed by atoms with Crippen LogP contribution in [0.3, 0.4) is 0 Å². The molecular weight excluding hydrogens is 479 g/mol. The lowest BCUT2D eigenvalue weighted by molar-refractivity contribution is -0.137. The molecule has 1 unspecified atom stereocenters. The molecule has 2 heterocycles. The van der Waals surface area contributed by atoms with Crippen LogP contribution in [0.4, 0.5) is 30.2 Å². The second-order valence-corrected chi connectivity index (χ2v) is 8.59. The zero-order chi connectivity index (χ0) is 26.2. The molecule has 0 saturated carbocycles. The zero-order valence-corrected chi connectivity index (χ0v) is 19.8.